The molecule has 1 aromatic carbocycles. The second kappa shape index (κ2) is 6.95. The Morgan fingerprint density at radius 3 is 2.87 bits per heavy atom. The van der Waals surface area contributed by atoms with Crippen LogP contribution in [0.1, 0.15) is 23.8 Å². The molecule has 23 heavy (non-hydrogen) atoms. The molecule has 0 aliphatic heterocycles. The van der Waals surface area contributed by atoms with Gasteiger partial charge in [-0.2, -0.15) is 5.26 Å². The molecule has 2 aromatic rings. The van der Waals surface area contributed by atoms with E-state index in [0.29, 0.717) is 11.3 Å². The normalized spacial score (nSPS) is 12.9. The van der Waals surface area contributed by atoms with Gasteiger partial charge in [0.05, 0.1) is 24.4 Å². The molecule has 118 valence electrons. The number of hydrogen-bond donors (Lipinski definition) is 1. The van der Waals surface area contributed by atoms with Crippen molar-refractivity contribution in [2.45, 2.75) is 19.1 Å². The van der Waals surface area contributed by atoms with Crippen molar-refractivity contribution in [3.63, 3.8) is 0 Å². The molecule has 5 heteroatoms. The molecule has 0 aliphatic rings. The van der Waals surface area contributed by atoms with Crippen LogP contribution in [0.4, 0.5) is 0 Å². The van der Waals surface area contributed by atoms with E-state index in [1.807, 2.05) is 6.07 Å². The van der Waals surface area contributed by atoms with Gasteiger partial charge in [-0.3, -0.25) is 4.79 Å². The highest BCUT2D eigenvalue weighted by molar-refractivity contribution is 5.87. The van der Waals surface area contributed by atoms with Crippen molar-refractivity contribution in [2.75, 3.05) is 6.54 Å². The smallest absolute Gasteiger partial charge is 0.246 e. The first-order valence-electron chi connectivity index (χ1n) is 7.13. The standard InChI is InChI=1S/C18H18N2O3/c1-3-17(21)20(12-15-7-4-6-14(10-15)11-19)13-18(2,22)16-8-5-9-23-16/h3-10,22H,1,12-13H2,2H3. The molecule has 1 aromatic heterocycles. The van der Waals surface area contributed by atoms with Crippen molar-refractivity contribution in [3.05, 3.63) is 72.2 Å². The summed E-state index contributed by atoms with van der Waals surface area (Å²) in [6, 6.07) is 12.4. The Kier molecular flexibility index (Phi) is 4.99. The van der Waals surface area contributed by atoms with Crippen LogP contribution in [0.15, 0.2) is 59.7 Å². The highest BCUT2D eigenvalue weighted by Crippen LogP contribution is 2.23. The average Bonchev–Trinajstić information content (AvgIpc) is 3.09. The minimum absolute atomic E-state index is 0.0438. The zero-order chi connectivity index (χ0) is 16.9. The Balaban J connectivity index is 2.22. The number of carbonyl (C=O) groups excluding carboxylic acids is 1. The molecule has 1 amide bonds. The number of hydrogen-bond acceptors (Lipinski definition) is 4. The van der Waals surface area contributed by atoms with Gasteiger partial charge in [0.1, 0.15) is 11.4 Å². The third kappa shape index (κ3) is 4.09. The van der Waals surface area contributed by atoms with Gasteiger partial charge in [-0.25, -0.2) is 0 Å². The summed E-state index contributed by atoms with van der Waals surface area (Å²) in [5, 5.41) is 19.6. The number of amides is 1. The van der Waals surface area contributed by atoms with Crippen LogP contribution in [0.3, 0.4) is 0 Å². The quantitative estimate of drug-likeness (QED) is 0.832. The summed E-state index contributed by atoms with van der Waals surface area (Å²) in [5.74, 6) is 0.0735. The fourth-order valence-corrected chi connectivity index (χ4v) is 2.34. The number of nitrogens with zero attached hydrogens (tertiary/aromatic N) is 2. The fourth-order valence-electron chi connectivity index (χ4n) is 2.34. The first kappa shape index (κ1) is 16.5. The van der Waals surface area contributed by atoms with Crippen molar-refractivity contribution in [1.29, 1.82) is 5.26 Å². The predicted molar refractivity (Wildman–Crippen MR) is 85.0 cm³/mol. The summed E-state index contributed by atoms with van der Waals surface area (Å²) < 4.78 is 5.24. The molecule has 0 bridgehead atoms. The minimum atomic E-state index is -1.32. The Bertz CT molecular complexity index is 727. The van der Waals surface area contributed by atoms with Gasteiger partial charge >= 0.3 is 0 Å². The van der Waals surface area contributed by atoms with Crippen molar-refractivity contribution in [1.82, 2.24) is 4.90 Å². The Labute approximate surface area is 135 Å². The number of carbonyl (C=O) groups is 1. The Morgan fingerprint density at radius 2 is 2.26 bits per heavy atom. The molecule has 0 aliphatic carbocycles. The Hall–Kier alpha value is -2.84. The monoisotopic (exact) mass is 310 g/mol. The second-order valence-corrected chi connectivity index (χ2v) is 5.46. The van der Waals surface area contributed by atoms with Gasteiger partial charge in [0.25, 0.3) is 0 Å². The third-order valence-corrected chi connectivity index (χ3v) is 3.47. The minimum Gasteiger partial charge on any atom is -0.466 e. The molecule has 0 saturated carbocycles. The fraction of sp³-hybridized carbons (Fsp3) is 0.222. The van der Waals surface area contributed by atoms with E-state index < -0.39 is 5.60 Å². The van der Waals surface area contributed by atoms with Gasteiger partial charge in [0, 0.05) is 6.54 Å². The predicted octanol–water partition coefficient (Wildman–Crippen LogP) is 2.57. The van der Waals surface area contributed by atoms with Crippen LogP contribution in [0.5, 0.6) is 0 Å². The largest absolute Gasteiger partial charge is 0.466 e. The van der Waals surface area contributed by atoms with E-state index in [1.54, 1.807) is 37.3 Å². The van der Waals surface area contributed by atoms with Gasteiger partial charge in [0.15, 0.2) is 0 Å². The number of furan rings is 1. The van der Waals surface area contributed by atoms with Crippen LogP contribution in [0.25, 0.3) is 0 Å². The lowest BCUT2D eigenvalue weighted by molar-refractivity contribution is -0.130. The molecule has 0 radical (unpaired) electrons. The molecule has 2 rings (SSSR count). The van der Waals surface area contributed by atoms with Crippen LogP contribution in [0, 0.1) is 11.3 Å². The van der Waals surface area contributed by atoms with E-state index in [2.05, 4.69) is 12.6 Å². The zero-order valence-corrected chi connectivity index (χ0v) is 12.9. The van der Waals surface area contributed by atoms with E-state index in [0.717, 1.165) is 5.56 Å². The second-order valence-electron chi connectivity index (χ2n) is 5.46. The van der Waals surface area contributed by atoms with Crippen molar-refractivity contribution < 1.29 is 14.3 Å². The van der Waals surface area contributed by atoms with Crippen LogP contribution in [0.2, 0.25) is 0 Å². The molecule has 5 nitrogen and oxygen atoms in total. The number of benzene rings is 1. The van der Waals surface area contributed by atoms with Gasteiger partial charge in [-0.1, -0.05) is 18.7 Å². The van der Waals surface area contributed by atoms with Crippen LogP contribution >= 0.6 is 0 Å². The Morgan fingerprint density at radius 1 is 1.48 bits per heavy atom. The van der Waals surface area contributed by atoms with Crippen LogP contribution in [-0.4, -0.2) is 22.5 Å². The van der Waals surface area contributed by atoms with E-state index in [4.69, 9.17) is 9.68 Å². The molecule has 1 atom stereocenters. The van der Waals surface area contributed by atoms with E-state index in [9.17, 15) is 9.90 Å². The topological polar surface area (TPSA) is 77.5 Å². The lowest BCUT2D eigenvalue weighted by Crippen LogP contribution is -2.41. The van der Waals surface area contributed by atoms with Crippen LogP contribution in [-0.2, 0) is 16.9 Å². The van der Waals surface area contributed by atoms with Crippen molar-refractivity contribution in [2.24, 2.45) is 0 Å². The van der Waals surface area contributed by atoms with E-state index in [1.165, 1.54) is 17.2 Å². The highest BCUT2D eigenvalue weighted by Gasteiger charge is 2.30. The summed E-state index contributed by atoms with van der Waals surface area (Å²) in [4.78, 5) is 13.6. The summed E-state index contributed by atoms with van der Waals surface area (Å²) in [5.41, 5.74) is -0.00422. The third-order valence-electron chi connectivity index (χ3n) is 3.47. The van der Waals surface area contributed by atoms with E-state index in [-0.39, 0.29) is 19.0 Å². The molecule has 1 N–H and O–H groups in total. The summed E-state index contributed by atoms with van der Waals surface area (Å²) in [6.07, 6.45) is 2.67. The first-order chi connectivity index (χ1) is 11.0. The van der Waals surface area contributed by atoms with Gasteiger partial charge in [0.2, 0.25) is 5.91 Å². The first-order valence-corrected chi connectivity index (χ1v) is 7.13. The number of nitriles is 1. The van der Waals surface area contributed by atoms with Gasteiger partial charge in [-0.15, -0.1) is 0 Å². The maximum atomic E-state index is 12.1. The summed E-state index contributed by atoms with van der Waals surface area (Å²) in [7, 11) is 0. The van der Waals surface area contributed by atoms with E-state index >= 15 is 0 Å². The van der Waals surface area contributed by atoms with Crippen molar-refractivity contribution >= 4 is 5.91 Å². The molecule has 1 unspecified atom stereocenters. The molecular formula is C18H18N2O3. The van der Waals surface area contributed by atoms with Gasteiger partial charge in [-0.05, 0) is 42.8 Å². The molecular weight excluding hydrogens is 292 g/mol. The molecule has 0 saturated heterocycles. The lowest BCUT2D eigenvalue weighted by atomic mass is 10.0. The maximum Gasteiger partial charge on any atom is 0.246 e. The molecule has 0 spiro atoms. The SMILES string of the molecule is C=CC(=O)N(Cc1cccc(C#N)c1)CC(C)(O)c1ccco1. The molecule has 1 heterocycles. The average molecular weight is 310 g/mol. The number of rotatable bonds is 6. The lowest BCUT2D eigenvalue weighted by Gasteiger charge is -2.30. The maximum absolute atomic E-state index is 12.1. The zero-order valence-electron chi connectivity index (χ0n) is 12.9. The summed E-state index contributed by atoms with van der Waals surface area (Å²) >= 11 is 0. The van der Waals surface area contributed by atoms with Crippen LogP contribution < -0.4 is 0 Å². The van der Waals surface area contributed by atoms with Gasteiger partial charge < -0.3 is 14.4 Å². The molecule has 0 fully saturated rings. The highest BCUT2D eigenvalue weighted by atomic mass is 16.4. The van der Waals surface area contributed by atoms with Crippen molar-refractivity contribution in [3.8, 4) is 6.07 Å². The number of aliphatic hydroxyl groups is 1. The summed E-state index contributed by atoms with van der Waals surface area (Å²) in [6.45, 7) is 5.39.